The van der Waals surface area contributed by atoms with Gasteiger partial charge in [-0.05, 0) is 49.9 Å². The molecule has 1 atom stereocenters. The van der Waals surface area contributed by atoms with E-state index in [0.717, 1.165) is 38.8 Å². The number of ether oxygens (including phenoxy) is 1. The Balaban J connectivity index is 1.43. The summed E-state index contributed by atoms with van der Waals surface area (Å²) in [7, 11) is 1.71. The number of likely N-dealkylation sites (N-methyl/N-ethyl adjacent to an activating group) is 1. The van der Waals surface area contributed by atoms with Gasteiger partial charge < -0.3 is 19.9 Å². The molecule has 3 amide bonds. The molecule has 1 aromatic heterocycles. The van der Waals surface area contributed by atoms with Gasteiger partial charge in [0.05, 0.1) is 5.69 Å². The zero-order chi connectivity index (χ0) is 19.5. The SMILES string of the molecule is CN1C(=O)COc2ccc(NC(=O)N3CCCCC3CCn3cccn3)cc21. The number of rotatable bonds is 4. The molecule has 1 saturated heterocycles. The number of amides is 3. The van der Waals surface area contributed by atoms with Crippen molar-refractivity contribution in [1.29, 1.82) is 0 Å². The number of nitrogens with zero attached hydrogens (tertiary/aromatic N) is 4. The van der Waals surface area contributed by atoms with Gasteiger partial charge >= 0.3 is 6.03 Å². The molecule has 148 valence electrons. The summed E-state index contributed by atoms with van der Waals surface area (Å²) in [6.07, 6.45) is 7.75. The van der Waals surface area contributed by atoms with Gasteiger partial charge in [-0.15, -0.1) is 0 Å². The number of nitrogens with one attached hydrogen (secondary N) is 1. The molecule has 28 heavy (non-hydrogen) atoms. The van der Waals surface area contributed by atoms with Gasteiger partial charge in [0, 0.05) is 44.3 Å². The minimum Gasteiger partial charge on any atom is -0.482 e. The molecule has 8 heteroatoms. The molecule has 2 aliphatic rings. The summed E-state index contributed by atoms with van der Waals surface area (Å²) in [5.74, 6) is 0.542. The van der Waals surface area contributed by atoms with Crippen LogP contribution in [0.15, 0.2) is 36.7 Å². The lowest BCUT2D eigenvalue weighted by molar-refractivity contribution is -0.120. The number of carbonyl (C=O) groups is 2. The molecule has 0 radical (unpaired) electrons. The molecule has 8 nitrogen and oxygen atoms in total. The van der Waals surface area contributed by atoms with E-state index >= 15 is 0 Å². The third-order valence-corrected chi connectivity index (χ3v) is 5.44. The second kappa shape index (κ2) is 7.92. The molecule has 1 aromatic carbocycles. The smallest absolute Gasteiger partial charge is 0.322 e. The molecule has 2 aliphatic heterocycles. The van der Waals surface area contributed by atoms with Crippen LogP contribution in [0.4, 0.5) is 16.2 Å². The average molecular weight is 383 g/mol. The van der Waals surface area contributed by atoms with E-state index in [4.69, 9.17) is 4.74 Å². The number of aryl methyl sites for hydroxylation is 1. The Morgan fingerprint density at radius 1 is 1.36 bits per heavy atom. The minimum absolute atomic E-state index is 0.0426. The maximum absolute atomic E-state index is 12.9. The van der Waals surface area contributed by atoms with Gasteiger partial charge in [-0.1, -0.05) is 0 Å². The quantitative estimate of drug-likeness (QED) is 0.880. The highest BCUT2D eigenvalue weighted by Crippen LogP contribution is 2.34. The summed E-state index contributed by atoms with van der Waals surface area (Å²) in [4.78, 5) is 28.3. The Morgan fingerprint density at radius 3 is 3.07 bits per heavy atom. The zero-order valence-electron chi connectivity index (χ0n) is 16.0. The Morgan fingerprint density at radius 2 is 2.25 bits per heavy atom. The molecule has 1 N–H and O–H groups in total. The molecule has 0 bridgehead atoms. The van der Waals surface area contributed by atoms with Crippen molar-refractivity contribution in [2.75, 3.05) is 30.4 Å². The molecule has 4 rings (SSSR count). The standard InChI is InChI=1S/C20H25N5O3/c1-23-17-13-15(6-7-18(17)28-14-19(23)26)22-20(27)25-11-3-2-5-16(25)8-12-24-10-4-9-21-24/h4,6-7,9-10,13,16H,2-3,5,8,11-12,14H2,1H3,(H,22,27). The third-order valence-electron chi connectivity index (χ3n) is 5.44. The Bertz CT molecular complexity index is 852. The van der Waals surface area contributed by atoms with Crippen molar-refractivity contribution in [3.8, 4) is 5.75 Å². The predicted octanol–water partition coefficient (Wildman–Crippen LogP) is 2.72. The van der Waals surface area contributed by atoms with Crippen LogP contribution in [0.2, 0.25) is 0 Å². The Kier molecular flexibility index (Phi) is 5.18. The predicted molar refractivity (Wildman–Crippen MR) is 106 cm³/mol. The van der Waals surface area contributed by atoms with Gasteiger partial charge in [0.25, 0.3) is 5.91 Å². The normalized spacial score (nSPS) is 19.2. The van der Waals surface area contributed by atoms with Crippen LogP contribution in [0.1, 0.15) is 25.7 Å². The molecule has 0 saturated carbocycles. The molecule has 1 unspecified atom stereocenters. The third kappa shape index (κ3) is 3.81. The second-order valence-electron chi connectivity index (χ2n) is 7.25. The molecule has 1 fully saturated rings. The average Bonchev–Trinajstić information content (AvgIpc) is 3.23. The number of benzene rings is 1. The fraction of sp³-hybridized carbons (Fsp3) is 0.450. The number of carbonyl (C=O) groups excluding carboxylic acids is 2. The zero-order valence-corrected chi connectivity index (χ0v) is 16.0. The minimum atomic E-state index is -0.106. The number of hydrogen-bond donors (Lipinski definition) is 1. The van der Waals surface area contributed by atoms with Crippen LogP contribution in [0, 0.1) is 0 Å². The first kappa shape index (κ1) is 18.3. The summed E-state index contributed by atoms with van der Waals surface area (Å²) >= 11 is 0. The lowest BCUT2D eigenvalue weighted by Crippen LogP contribution is -2.46. The van der Waals surface area contributed by atoms with Crippen LogP contribution in [0.25, 0.3) is 0 Å². The van der Waals surface area contributed by atoms with E-state index in [1.807, 2.05) is 27.9 Å². The van der Waals surface area contributed by atoms with Crippen molar-refractivity contribution in [1.82, 2.24) is 14.7 Å². The second-order valence-corrected chi connectivity index (χ2v) is 7.25. The van der Waals surface area contributed by atoms with Crippen molar-refractivity contribution >= 4 is 23.3 Å². The molecule has 3 heterocycles. The van der Waals surface area contributed by atoms with Gasteiger partial charge in [-0.25, -0.2) is 4.79 Å². The van der Waals surface area contributed by atoms with Crippen LogP contribution in [-0.4, -0.2) is 52.9 Å². The highest BCUT2D eigenvalue weighted by atomic mass is 16.5. The lowest BCUT2D eigenvalue weighted by atomic mass is 10.00. The highest BCUT2D eigenvalue weighted by Gasteiger charge is 2.27. The number of aromatic nitrogens is 2. The number of anilines is 2. The van der Waals surface area contributed by atoms with Crippen molar-refractivity contribution in [3.05, 3.63) is 36.7 Å². The monoisotopic (exact) mass is 383 g/mol. The van der Waals surface area contributed by atoms with Crippen LogP contribution in [0.3, 0.4) is 0 Å². The van der Waals surface area contributed by atoms with Crippen molar-refractivity contribution in [3.63, 3.8) is 0 Å². The van der Waals surface area contributed by atoms with Crippen LogP contribution in [0.5, 0.6) is 5.75 Å². The molecular weight excluding hydrogens is 358 g/mol. The fourth-order valence-electron chi connectivity index (χ4n) is 3.83. The van der Waals surface area contributed by atoms with Gasteiger partial charge in [0.1, 0.15) is 5.75 Å². The fourth-order valence-corrected chi connectivity index (χ4v) is 3.83. The molecule has 2 aromatic rings. The van der Waals surface area contributed by atoms with E-state index < -0.39 is 0 Å². The number of likely N-dealkylation sites (tertiary alicyclic amines) is 1. The van der Waals surface area contributed by atoms with E-state index in [9.17, 15) is 9.59 Å². The van der Waals surface area contributed by atoms with E-state index in [0.29, 0.717) is 17.1 Å². The first-order valence-corrected chi connectivity index (χ1v) is 9.70. The first-order chi connectivity index (χ1) is 13.6. The van der Waals surface area contributed by atoms with Gasteiger partial charge in [0.2, 0.25) is 0 Å². The largest absolute Gasteiger partial charge is 0.482 e. The first-order valence-electron chi connectivity index (χ1n) is 9.70. The van der Waals surface area contributed by atoms with Gasteiger partial charge in [-0.3, -0.25) is 9.48 Å². The number of piperidine rings is 1. The lowest BCUT2D eigenvalue weighted by Gasteiger charge is -2.36. The van der Waals surface area contributed by atoms with Crippen LogP contribution >= 0.6 is 0 Å². The maximum Gasteiger partial charge on any atom is 0.322 e. The summed E-state index contributed by atoms with van der Waals surface area (Å²) in [6, 6.07) is 7.39. The number of fused-ring (bicyclic) bond motifs is 1. The van der Waals surface area contributed by atoms with E-state index in [-0.39, 0.29) is 24.6 Å². The van der Waals surface area contributed by atoms with Gasteiger partial charge in [-0.2, -0.15) is 5.10 Å². The maximum atomic E-state index is 12.9. The molecular formula is C20H25N5O3. The van der Waals surface area contributed by atoms with Crippen molar-refractivity contribution in [2.45, 2.75) is 38.3 Å². The van der Waals surface area contributed by atoms with Crippen molar-refractivity contribution in [2.24, 2.45) is 0 Å². The highest BCUT2D eigenvalue weighted by molar-refractivity contribution is 5.99. The Labute approximate surface area is 164 Å². The summed E-state index contributed by atoms with van der Waals surface area (Å²) in [6.45, 7) is 1.59. The summed E-state index contributed by atoms with van der Waals surface area (Å²) in [5.41, 5.74) is 1.33. The number of hydrogen-bond acceptors (Lipinski definition) is 4. The van der Waals surface area contributed by atoms with Gasteiger partial charge in [0.15, 0.2) is 6.61 Å². The molecule has 0 aliphatic carbocycles. The number of urea groups is 1. The van der Waals surface area contributed by atoms with E-state index in [2.05, 4.69) is 10.4 Å². The van der Waals surface area contributed by atoms with Crippen LogP contribution < -0.4 is 15.0 Å². The topological polar surface area (TPSA) is 79.7 Å². The molecule has 0 spiro atoms. The summed E-state index contributed by atoms with van der Waals surface area (Å²) in [5, 5.41) is 7.24. The van der Waals surface area contributed by atoms with E-state index in [1.165, 1.54) is 0 Å². The Hall–Kier alpha value is -3.03. The van der Waals surface area contributed by atoms with E-state index in [1.54, 1.807) is 30.3 Å². The summed E-state index contributed by atoms with van der Waals surface area (Å²) < 4.78 is 7.35. The van der Waals surface area contributed by atoms with Crippen molar-refractivity contribution < 1.29 is 14.3 Å². The van der Waals surface area contributed by atoms with Crippen LogP contribution in [-0.2, 0) is 11.3 Å².